The van der Waals surface area contributed by atoms with Crippen LogP contribution in [0.15, 0.2) is 46.3 Å². The average molecular weight is 285 g/mol. The molecule has 0 aliphatic heterocycles. The molecular weight excluding hydrogens is 270 g/mol. The fraction of sp³-hybridized carbons (Fsp3) is 0.200. The summed E-state index contributed by atoms with van der Waals surface area (Å²) < 4.78 is 5.26. The van der Waals surface area contributed by atoms with Crippen molar-refractivity contribution >= 4 is 17.0 Å². The second-order valence-corrected chi connectivity index (χ2v) is 5.43. The highest BCUT2D eigenvalue weighted by Gasteiger charge is 2.08. The van der Waals surface area contributed by atoms with Crippen molar-refractivity contribution in [3.05, 3.63) is 53.2 Å². The summed E-state index contributed by atoms with van der Waals surface area (Å²) in [7, 11) is 0. The topological polar surface area (TPSA) is 51.0 Å². The summed E-state index contributed by atoms with van der Waals surface area (Å²) in [6.45, 7) is 2.86. The van der Waals surface area contributed by atoms with Crippen LogP contribution in [0, 0.1) is 6.92 Å². The van der Waals surface area contributed by atoms with Crippen LogP contribution in [0.5, 0.6) is 0 Å². The van der Waals surface area contributed by atoms with Gasteiger partial charge in [0.2, 0.25) is 11.7 Å². The van der Waals surface area contributed by atoms with Crippen molar-refractivity contribution in [3.8, 4) is 10.7 Å². The van der Waals surface area contributed by atoms with E-state index < -0.39 is 0 Å². The zero-order valence-corrected chi connectivity index (χ0v) is 12.0. The van der Waals surface area contributed by atoms with E-state index in [4.69, 9.17) is 4.52 Å². The maximum absolute atomic E-state index is 5.26. The lowest BCUT2D eigenvalue weighted by atomic mass is 10.2. The Balaban J connectivity index is 1.58. The highest BCUT2D eigenvalue weighted by molar-refractivity contribution is 7.13. The Hall–Kier alpha value is -2.14. The number of thiophene rings is 1. The lowest BCUT2D eigenvalue weighted by Gasteiger charge is -2.07. The van der Waals surface area contributed by atoms with Crippen LogP contribution in [-0.4, -0.2) is 16.7 Å². The third-order valence-corrected chi connectivity index (χ3v) is 3.87. The van der Waals surface area contributed by atoms with Crippen LogP contribution < -0.4 is 5.32 Å². The third kappa shape index (κ3) is 2.88. The van der Waals surface area contributed by atoms with Crippen molar-refractivity contribution in [2.24, 2.45) is 0 Å². The van der Waals surface area contributed by atoms with Crippen molar-refractivity contribution in [2.45, 2.75) is 13.3 Å². The summed E-state index contributed by atoms with van der Waals surface area (Å²) in [6, 6.07) is 12.2. The first-order valence-electron chi connectivity index (χ1n) is 6.49. The van der Waals surface area contributed by atoms with Gasteiger partial charge >= 0.3 is 0 Å². The molecule has 102 valence electrons. The Morgan fingerprint density at radius 2 is 2.10 bits per heavy atom. The molecule has 0 unspecified atom stereocenters. The molecule has 1 aromatic carbocycles. The first-order valence-corrected chi connectivity index (χ1v) is 7.37. The molecule has 0 aliphatic carbocycles. The van der Waals surface area contributed by atoms with Gasteiger partial charge in [-0.05, 0) is 30.0 Å². The smallest absolute Gasteiger partial charge is 0.228 e. The van der Waals surface area contributed by atoms with E-state index in [0.717, 1.165) is 17.1 Å². The molecule has 0 bridgehead atoms. The summed E-state index contributed by atoms with van der Waals surface area (Å²) in [5.74, 6) is 1.33. The Labute approximate surface area is 121 Å². The number of nitrogens with zero attached hydrogens (tertiary/aromatic N) is 2. The van der Waals surface area contributed by atoms with E-state index >= 15 is 0 Å². The summed E-state index contributed by atoms with van der Waals surface area (Å²) in [6.07, 6.45) is 0.715. The molecule has 4 nitrogen and oxygen atoms in total. The zero-order valence-electron chi connectivity index (χ0n) is 11.2. The van der Waals surface area contributed by atoms with Crippen molar-refractivity contribution in [2.75, 3.05) is 11.9 Å². The minimum absolute atomic E-state index is 0.662. The van der Waals surface area contributed by atoms with E-state index in [1.807, 2.05) is 29.6 Å². The molecule has 2 heterocycles. The predicted molar refractivity (Wildman–Crippen MR) is 81.0 cm³/mol. The molecule has 0 aliphatic rings. The molecule has 3 rings (SSSR count). The molecule has 0 saturated carbocycles. The van der Waals surface area contributed by atoms with E-state index in [9.17, 15) is 0 Å². The second-order valence-electron chi connectivity index (χ2n) is 4.48. The van der Waals surface area contributed by atoms with Gasteiger partial charge in [-0.1, -0.05) is 29.4 Å². The van der Waals surface area contributed by atoms with Crippen LogP contribution in [0.3, 0.4) is 0 Å². The highest BCUT2D eigenvalue weighted by atomic mass is 32.1. The van der Waals surface area contributed by atoms with Crippen LogP contribution in [0.2, 0.25) is 0 Å². The van der Waals surface area contributed by atoms with Crippen LogP contribution in [0.1, 0.15) is 11.5 Å². The first-order chi connectivity index (χ1) is 9.83. The third-order valence-electron chi connectivity index (χ3n) is 3.01. The fourth-order valence-corrected chi connectivity index (χ4v) is 2.59. The fourth-order valence-electron chi connectivity index (χ4n) is 1.94. The molecule has 0 radical (unpaired) electrons. The normalized spacial score (nSPS) is 10.7. The first kappa shape index (κ1) is 12.9. The van der Waals surface area contributed by atoms with Gasteiger partial charge in [0.05, 0.1) is 4.88 Å². The molecule has 0 spiro atoms. The number of hydrogen-bond acceptors (Lipinski definition) is 5. The molecule has 0 fully saturated rings. The molecular formula is C15H15N3OS. The lowest BCUT2D eigenvalue weighted by Crippen LogP contribution is -2.06. The van der Waals surface area contributed by atoms with Gasteiger partial charge in [-0.3, -0.25) is 0 Å². The van der Waals surface area contributed by atoms with Crippen molar-refractivity contribution in [1.82, 2.24) is 10.1 Å². The van der Waals surface area contributed by atoms with Gasteiger partial charge < -0.3 is 9.84 Å². The van der Waals surface area contributed by atoms with Crippen LogP contribution in [-0.2, 0) is 6.42 Å². The summed E-state index contributed by atoms with van der Waals surface area (Å²) >= 11 is 1.61. The number of nitrogens with one attached hydrogen (secondary N) is 1. The maximum Gasteiger partial charge on any atom is 0.228 e. The molecule has 2 aromatic heterocycles. The molecule has 1 N–H and O–H groups in total. The standard InChI is InChI=1S/C15H15N3OS/c1-11-5-2-3-6-12(11)16-9-8-14-17-15(18-19-14)13-7-4-10-20-13/h2-7,10,16H,8-9H2,1H3. The van der Waals surface area contributed by atoms with Gasteiger partial charge in [0.25, 0.3) is 0 Å². The summed E-state index contributed by atoms with van der Waals surface area (Å²) in [5, 5.41) is 9.38. The molecule has 0 saturated heterocycles. The molecule has 5 heteroatoms. The minimum atomic E-state index is 0.662. The van der Waals surface area contributed by atoms with E-state index in [-0.39, 0.29) is 0 Å². The quantitative estimate of drug-likeness (QED) is 0.775. The van der Waals surface area contributed by atoms with Crippen molar-refractivity contribution in [1.29, 1.82) is 0 Å². The van der Waals surface area contributed by atoms with Crippen LogP contribution >= 0.6 is 11.3 Å². The van der Waals surface area contributed by atoms with Crippen LogP contribution in [0.4, 0.5) is 5.69 Å². The van der Waals surface area contributed by atoms with E-state index in [2.05, 4.69) is 34.5 Å². The van der Waals surface area contributed by atoms with Gasteiger partial charge in [-0.15, -0.1) is 11.3 Å². The van der Waals surface area contributed by atoms with Crippen molar-refractivity contribution in [3.63, 3.8) is 0 Å². The Morgan fingerprint density at radius 1 is 1.20 bits per heavy atom. The van der Waals surface area contributed by atoms with Gasteiger partial charge in [-0.2, -0.15) is 4.98 Å². The monoisotopic (exact) mass is 285 g/mol. The lowest BCUT2D eigenvalue weighted by molar-refractivity contribution is 0.381. The number of rotatable bonds is 5. The summed E-state index contributed by atoms with van der Waals surface area (Å²) in [5.41, 5.74) is 2.38. The molecule has 0 atom stereocenters. The molecule has 3 aromatic rings. The SMILES string of the molecule is Cc1ccccc1NCCc1nc(-c2cccs2)no1. The Kier molecular flexibility index (Phi) is 3.78. The maximum atomic E-state index is 5.26. The number of aromatic nitrogens is 2. The summed E-state index contributed by atoms with van der Waals surface area (Å²) in [4.78, 5) is 5.43. The van der Waals surface area contributed by atoms with E-state index in [0.29, 0.717) is 18.1 Å². The van der Waals surface area contributed by atoms with Crippen molar-refractivity contribution < 1.29 is 4.52 Å². The van der Waals surface area contributed by atoms with Gasteiger partial charge in [-0.25, -0.2) is 0 Å². The highest BCUT2D eigenvalue weighted by Crippen LogP contribution is 2.21. The Bertz CT molecular complexity index is 676. The largest absolute Gasteiger partial charge is 0.384 e. The average Bonchev–Trinajstić information content (AvgIpc) is 3.11. The zero-order chi connectivity index (χ0) is 13.8. The number of anilines is 1. The van der Waals surface area contributed by atoms with Gasteiger partial charge in [0.15, 0.2) is 0 Å². The van der Waals surface area contributed by atoms with E-state index in [1.54, 1.807) is 11.3 Å². The number of benzene rings is 1. The second kappa shape index (κ2) is 5.88. The van der Waals surface area contributed by atoms with Gasteiger partial charge in [0, 0.05) is 18.7 Å². The van der Waals surface area contributed by atoms with Crippen LogP contribution in [0.25, 0.3) is 10.7 Å². The van der Waals surface area contributed by atoms with Gasteiger partial charge in [0.1, 0.15) is 0 Å². The number of para-hydroxylation sites is 1. The predicted octanol–water partition coefficient (Wildman–Crippen LogP) is 3.76. The Morgan fingerprint density at radius 3 is 2.90 bits per heavy atom. The minimum Gasteiger partial charge on any atom is -0.384 e. The van der Waals surface area contributed by atoms with E-state index in [1.165, 1.54) is 5.56 Å². The molecule has 0 amide bonds. The molecule has 20 heavy (non-hydrogen) atoms. The number of aryl methyl sites for hydroxylation is 1. The number of hydrogen-bond donors (Lipinski definition) is 1.